The van der Waals surface area contributed by atoms with Gasteiger partial charge >= 0.3 is 5.69 Å². The second kappa shape index (κ2) is 6.13. The molecule has 116 valence electrons. The first-order chi connectivity index (χ1) is 10.0. The number of fused-ring (bicyclic) bond motifs is 1. The van der Waals surface area contributed by atoms with E-state index in [0.717, 1.165) is 11.0 Å². The van der Waals surface area contributed by atoms with E-state index in [1.807, 2.05) is 6.92 Å². The molecule has 0 spiro atoms. The number of nitrogens with zero attached hydrogens (tertiary/aromatic N) is 4. The van der Waals surface area contributed by atoms with Crippen LogP contribution in [0, 0.1) is 0 Å². The first-order valence-electron chi connectivity index (χ1n) is 7.03. The molecule has 21 heavy (non-hydrogen) atoms. The van der Waals surface area contributed by atoms with Crippen molar-refractivity contribution in [3.63, 3.8) is 0 Å². The lowest BCUT2D eigenvalue weighted by molar-refractivity contribution is 0.292. The summed E-state index contributed by atoms with van der Waals surface area (Å²) in [5, 5.41) is 12.0. The van der Waals surface area contributed by atoms with Crippen molar-refractivity contribution in [1.82, 2.24) is 18.7 Å². The van der Waals surface area contributed by atoms with E-state index >= 15 is 0 Å². The highest BCUT2D eigenvalue weighted by atomic mass is 16.3. The molecule has 2 rings (SSSR count). The molecule has 0 saturated carbocycles. The van der Waals surface area contributed by atoms with E-state index in [-0.39, 0.29) is 12.2 Å². The molecule has 8 heteroatoms. The topological polar surface area (TPSA) is 94.1 Å². The predicted octanol–water partition coefficient (Wildman–Crippen LogP) is -0.362. The van der Waals surface area contributed by atoms with Gasteiger partial charge in [-0.2, -0.15) is 4.98 Å². The summed E-state index contributed by atoms with van der Waals surface area (Å²) in [6, 6.07) is 0. The van der Waals surface area contributed by atoms with Gasteiger partial charge in [0.2, 0.25) is 5.95 Å². The molecule has 0 bridgehead atoms. The molecule has 0 radical (unpaired) electrons. The van der Waals surface area contributed by atoms with Crippen LogP contribution in [-0.2, 0) is 20.6 Å². The maximum absolute atomic E-state index is 12.4. The van der Waals surface area contributed by atoms with Gasteiger partial charge in [0.15, 0.2) is 11.2 Å². The van der Waals surface area contributed by atoms with Crippen LogP contribution in [0.15, 0.2) is 9.59 Å². The van der Waals surface area contributed by atoms with E-state index < -0.39 is 5.69 Å². The van der Waals surface area contributed by atoms with Crippen molar-refractivity contribution >= 4 is 17.1 Å². The monoisotopic (exact) mass is 295 g/mol. The molecule has 2 heterocycles. The second-order valence-corrected chi connectivity index (χ2v) is 4.97. The lowest BCUT2D eigenvalue weighted by Gasteiger charge is -2.09. The molecule has 0 amide bonds. The lowest BCUT2D eigenvalue weighted by Crippen LogP contribution is -2.37. The number of anilines is 1. The fraction of sp³-hybridized carbons (Fsp3) is 0.615. The van der Waals surface area contributed by atoms with E-state index in [1.165, 1.54) is 11.6 Å². The van der Waals surface area contributed by atoms with E-state index in [4.69, 9.17) is 5.11 Å². The minimum absolute atomic E-state index is 0.0846. The van der Waals surface area contributed by atoms with Crippen LogP contribution >= 0.6 is 0 Å². The van der Waals surface area contributed by atoms with E-state index in [9.17, 15) is 9.59 Å². The second-order valence-electron chi connectivity index (χ2n) is 4.97. The Labute approximate surface area is 121 Å². The van der Waals surface area contributed by atoms with Crippen LogP contribution in [0.1, 0.15) is 19.8 Å². The Bertz CT molecular complexity index is 756. The molecule has 2 N–H and O–H groups in total. The van der Waals surface area contributed by atoms with Gasteiger partial charge in [0.25, 0.3) is 5.56 Å². The fourth-order valence-electron chi connectivity index (χ4n) is 2.30. The third-order valence-corrected chi connectivity index (χ3v) is 3.41. The number of imidazole rings is 1. The van der Waals surface area contributed by atoms with Gasteiger partial charge in [0, 0.05) is 33.8 Å². The number of hydrogen-bond acceptors (Lipinski definition) is 5. The average Bonchev–Trinajstić information content (AvgIpc) is 2.83. The Balaban J connectivity index is 2.68. The zero-order valence-electron chi connectivity index (χ0n) is 12.6. The molecule has 0 saturated heterocycles. The van der Waals surface area contributed by atoms with Gasteiger partial charge in [-0.05, 0) is 12.8 Å². The number of aliphatic hydroxyl groups excluding tert-OH is 1. The zero-order valence-corrected chi connectivity index (χ0v) is 12.6. The highest BCUT2D eigenvalue weighted by molar-refractivity contribution is 5.74. The van der Waals surface area contributed by atoms with Crippen molar-refractivity contribution in [2.45, 2.75) is 26.3 Å². The summed E-state index contributed by atoms with van der Waals surface area (Å²) in [4.78, 5) is 28.7. The van der Waals surface area contributed by atoms with E-state index in [2.05, 4.69) is 10.3 Å². The number of nitrogens with one attached hydrogen (secondary N) is 1. The highest BCUT2D eigenvalue weighted by Crippen LogP contribution is 2.16. The average molecular weight is 295 g/mol. The van der Waals surface area contributed by atoms with Crippen LogP contribution in [0.25, 0.3) is 11.2 Å². The summed E-state index contributed by atoms with van der Waals surface area (Å²) in [5.41, 5.74) is 0.0656. The molecule has 2 aromatic rings. The lowest BCUT2D eigenvalue weighted by atomic mass is 10.4. The van der Waals surface area contributed by atoms with Gasteiger partial charge in [-0.25, -0.2) is 4.79 Å². The minimum Gasteiger partial charge on any atom is -0.396 e. The summed E-state index contributed by atoms with van der Waals surface area (Å²) in [7, 11) is 3.07. The standard InChI is InChI=1S/C13H21N5O3/c1-4-7-18-9-10(15-12(18)14-6-5-8-19)16(2)13(21)17(3)11(9)20/h19H,4-8H2,1-3H3,(H,14,15). The first-order valence-corrected chi connectivity index (χ1v) is 7.03. The van der Waals surface area contributed by atoms with E-state index in [0.29, 0.717) is 36.6 Å². The molecule has 0 aliphatic rings. The van der Waals surface area contributed by atoms with Crippen LogP contribution in [-0.4, -0.2) is 36.9 Å². The van der Waals surface area contributed by atoms with Crippen molar-refractivity contribution in [1.29, 1.82) is 0 Å². The normalized spacial score (nSPS) is 11.2. The Morgan fingerprint density at radius 3 is 2.57 bits per heavy atom. The van der Waals surface area contributed by atoms with E-state index in [1.54, 1.807) is 11.6 Å². The van der Waals surface area contributed by atoms with Crippen LogP contribution < -0.4 is 16.6 Å². The molecule has 0 aliphatic carbocycles. The Morgan fingerprint density at radius 2 is 1.95 bits per heavy atom. The fourth-order valence-corrected chi connectivity index (χ4v) is 2.30. The SMILES string of the molecule is CCCn1c(NCCCO)nc2c1c(=O)n(C)c(=O)n2C. The molecular formula is C13H21N5O3. The third-order valence-electron chi connectivity index (χ3n) is 3.41. The van der Waals surface area contributed by atoms with Crippen molar-refractivity contribution < 1.29 is 5.11 Å². The molecule has 0 unspecified atom stereocenters. The summed E-state index contributed by atoms with van der Waals surface area (Å²) < 4.78 is 4.27. The summed E-state index contributed by atoms with van der Waals surface area (Å²) >= 11 is 0. The summed E-state index contributed by atoms with van der Waals surface area (Å²) in [5.74, 6) is 0.554. The number of rotatable bonds is 6. The number of aryl methyl sites for hydroxylation is 2. The zero-order chi connectivity index (χ0) is 15.6. The third kappa shape index (κ3) is 2.58. The van der Waals surface area contributed by atoms with Crippen molar-refractivity contribution in [2.75, 3.05) is 18.5 Å². The van der Waals surface area contributed by atoms with Crippen LogP contribution in [0.5, 0.6) is 0 Å². The highest BCUT2D eigenvalue weighted by Gasteiger charge is 2.18. The number of aromatic nitrogens is 4. The Morgan fingerprint density at radius 1 is 1.24 bits per heavy atom. The molecule has 0 fully saturated rings. The van der Waals surface area contributed by atoms with Crippen molar-refractivity contribution in [3.8, 4) is 0 Å². The summed E-state index contributed by atoms with van der Waals surface area (Å²) in [6.45, 7) is 3.28. The van der Waals surface area contributed by atoms with Gasteiger partial charge in [0.1, 0.15) is 0 Å². The molecule has 8 nitrogen and oxygen atoms in total. The largest absolute Gasteiger partial charge is 0.396 e. The number of hydrogen-bond donors (Lipinski definition) is 2. The van der Waals surface area contributed by atoms with Crippen molar-refractivity contribution in [3.05, 3.63) is 20.8 Å². The van der Waals surface area contributed by atoms with Gasteiger partial charge in [-0.1, -0.05) is 6.92 Å². The molecule has 0 aliphatic heterocycles. The maximum Gasteiger partial charge on any atom is 0.332 e. The predicted molar refractivity (Wildman–Crippen MR) is 80.7 cm³/mol. The van der Waals surface area contributed by atoms with Gasteiger partial charge < -0.3 is 15.0 Å². The van der Waals surface area contributed by atoms with Crippen LogP contribution in [0.2, 0.25) is 0 Å². The summed E-state index contributed by atoms with van der Waals surface area (Å²) in [6.07, 6.45) is 1.43. The minimum atomic E-state index is -0.393. The molecular weight excluding hydrogens is 274 g/mol. The molecule has 2 aromatic heterocycles. The molecule has 0 atom stereocenters. The van der Waals surface area contributed by atoms with Gasteiger partial charge in [-0.15, -0.1) is 0 Å². The smallest absolute Gasteiger partial charge is 0.332 e. The van der Waals surface area contributed by atoms with Crippen LogP contribution in [0.3, 0.4) is 0 Å². The first kappa shape index (κ1) is 15.3. The van der Waals surface area contributed by atoms with Crippen molar-refractivity contribution in [2.24, 2.45) is 14.1 Å². The van der Waals surface area contributed by atoms with Crippen LogP contribution in [0.4, 0.5) is 5.95 Å². The molecule has 0 aromatic carbocycles. The maximum atomic E-state index is 12.4. The van der Waals surface area contributed by atoms with Gasteiger partial charge in [-0.3, -0.25) is 13.9 Å². The Hall–Kier alpha value is -2.09. The van der Waals surface area contributed by atoms with Gasteiger partial charge in [0.05, 0.1) is 0 Å². The quantitative estimate of drug-likeness (QED) is 0.710. The Kier molecular flexibility index (Phi) is 4.46. The number of aliphatic hydroxyl groups is 1.